The van der Waals surface area contributed by atoms with Crippen LogP contribution in [0.15, 0.2) is 53.5 Å². The van der Waals surface area contributed by atoms with Crippen LogP contribution in [0.3, 0.4) is 0 Å². The minimum atomic E-state index is 0.372. The van der Waals surface area contributed by atoms with E-state index in [4.69, 9.17) is 10.5 Å². The van der Waals surface area contributed by atoms with Gasteiger partial charge in [-0.3, -0.25) is 9.89 Å². The summed E-state index contributed by atoms with van der Waals surface area (Å²) in [5, 5.41) is 3.16. The van der Waals surface area contributed by atoms with Gasteiger partial charge >= 0.3 is 0 Å². The zero-order valence-corrected chi connectivity index (χ0v) is 17.7. The van der Waals surface area contributed by atoms with E-state index in [2.05, 4.69) is 71.5 Å². The molecule has 0 aromatic heterocycles. The average Bonchev–Trinajstić information content (AvgIpc) is 2.72. The molecule has 1 fully saturated rings. The van der Waals surface area contributed by atoms with E-state index < -0.39 is 0 Å². The van der Waals surface area contributed by atoms with Crippen molar-refractivity contribution in [2.45, 2.75) is 45.8 Å². The molecule has 0 bridgehead atoms. The number of guanidine groups is 1. The van der Waals surface area contributed by atoms with Crippen molar-refractivity contribution in [1.82, 2.24) is 4.90 Å². The van der Waals surface area contributed by atoms with Gasteiger partial charge in [-0.2, -0.15) is 0 Å². The van der Waals surface area contributed by atoms with Crippen LogP contribution in [0.25, 0.3) is 0 Å². The summed E-state index contributed by atoms with van der Waals surface area (Å²) in [4.78, 5) is 6.92. The lowest BCUT2D eigenvalue weighted by Crippen LogP contribution is -2.36. The van der Waals surface area contributed by atoms with Crippen molar-refractivity contribution >= 4 is 11.6 Å². The third-order valence-corrected chi connectivity index (χ3v) is 5.50. The molecule has 3 N–H and O–H groups in total. The van der Waals surface area contributed by atoms with Crippen LogP contribution < -0.4 is 11.1 Å². The average molecular weight is 395 g/mol. The number of nitrogens with two attached hydrogens (primary N) is 1. The standard InChI is InChI=1S/C24H34N4O/c1-19-9-10-22(17-20(19)2)27-24(25)26-13-6-16-29-23-11-14-28(15-12-23)18-21-7-4-3-5-8-21/h3-5,7-10,17,23H,6,11-16,18H2,1-2H3,(H3,25,26,27). The van der Waals surface area contributed by atoms with Crippen LogP contribution in [-0.4, -0.2) is 43.2 Å². The molecule has 2 aromatic rings. The molecule has 1 heterocycles. The number of hydrogen-bond acceptors (Lipinski definition) is 3. The maximum absolute atomic E-state index is 6.05. The molecule has 5 heteroatoms. The van der Waals surface area contributed by atoms with Crippen LogP contribution in [0.1, 0.15) is 36.0 Å². The molecule has 3 rings (SSSR count). The first-order valence-electron chi connectivity index (χ1n) is 10.6. The largest absolute Gasteiger partial charge is 0.378 e. The van der Waals surface area contributed by atoms with Gasteiger partial charge in [0.25, 0.3) is 0 Å². The molecule has 0 saturated carbocycles. The first kappa shape index (κ1) is 21.3. The molecular weight excluding hydrogens is 360 g/mol. The number of rotatable bonds is 8. The van der Waals surface area contributed by atoms with E-state index in [1.165, 1.54) is 16.7 Å². The first-order valence-corrected chi connectivity index (χ1v) is 10.6. The number of benzene rings is 2. The fourth-order valence-electron chi connectivity index (χ4n) is 3.60. The van der Waals surface area contributed by atoms with E-state index in [1.54, 1.807) is 0 Å². The van der Waals surface area contributed by atoms with E-state index in [0.717, 1.165) is 51.2 Å². The maximum atomic E-state index is 6.05. The number of anilines is 1. The molecule has 2 aromatic carbocycles. The Kier molecular flexibility index (Phi) is 8.08. The topological polar surface area (TPSA) is 62.9 Å². The molecule has 156 valence electrons. The van der Waals surface area contributed by atoms with E-state index in [-0.39, 0.29) is 0 Å². The second-order valence-electron chi connectivity index (χ2n) is 7.88. The third-order valence-electron chi connectivity index (χ3n) is 5.50. The highest BCUT2D eigenvalue weighted by atomic mass is 16.5. The first-order chi connectivity index (χ1) is 14.1. The van der Waals surface area contributed by atoms with E-state index in [9.17, 15) is 0 Å². The van der Waals surface area contributed by atoms with Crippen LogP contribution in [0, 0.1) is 13.8 Å². The lowest BCUT2D eigenvalue weighted by atomic mass is 10.1. The minimum absolute atomic E-state index is 0.372. The summed E-state index contributed by atoms with van der Waals surface area (Å²) in [6.45, 7) is 8.85. The molecule has 1 saturated heterocycles. The lowest BCUT2D eigenvalue weighted by molar-refractivity contribution is 0.00566. The molecule has 0 aliphatic carbocycles. The molecule has 0 spiro atoms. The Morgan fingerprint density at radius 3 is 2.59 bits per heavy atom. The lowest BCUT2D eigenvalue weighted by Gasteiger charge is -2.31. The monoisotopic (exact) mass is 394 g/mol. The van der Waals surface area contributed by atoms with Crippen LogP contribution >= 0.6 is 0 Å². The van der Waals surface area contributed by atoms with Crippen molar-refractivity contribution in [3.63, 3.8) is 0 Å². The fraction of sp³-hybridized carbons (Fsp3) is 0.458. The van der Waals surface area contributed by atoms with Gasteiger partial charge < -0.3 is 15.8 Å². The Balaban J connectivity index is 1.29. The summed E-state index contributed by atoms with van der Waals surface area (Å²) in [7, 11) is 0. The summed E-state index contributed by atoms with van der Waals surface area (Å²) in [6.07, 6.45) is 3.47. The van der Waals surface area contributed by atoms with E-state index in [1.807, 2.05) is 6.07 Å². The number of aryl methyl sites for hydroxylation is 2. The number of piperidine rings is 1. The predicted molar refractivity (Wildman–Crippen MR) is 121 cm³/mol. The normalized spacial score (nSPS) is 16.1. The van der Waals surface area contributed by atoms with Gasteiger partial charge in [-0.05, 0) is 61.9 Å². The molecular formula is C24H34N4O. The Labute approximate surface area is 175 Å². The number of hydrogen-bond donors (Lipinski definition) is 2. The fourth-order valence-corrected chi connectivity index (χ4v) is 3.60. The van der Waals surface area contributed by atoms with Crippen LogP contribution in [0.5, 0.6) is 0 Å². The smallest absolute Gasteiger partial charge is 0.193 e. The number of nitrogens with one attached hydrogen (secondary N) is 1. The summed E-state index contributed by atoms with van der Waals surface area (Å²) in [5.74, 6) is 0.461. The van der Waals surface area contributed by atoms with Crippen molar-refractivity contribution in [2.75, 3.05) is 31.6 Å². The molecule has 1 aliphatic rings. The van der Waals surface area contributed by atoms with Gasteiger partial charge in [0.2, 0.25) is 0 Å². The zero-order valence-electron chi connectivity index (χ0n) is 17.7. The van der Waals surface area contributed by atoms with Gasteiger partial charge in [-0.25, -0.2) is 0 Å². The summed E-state index contributed by atoms with van der Waals surface area (Å²) in [6, 6.07) is 16.9. The molecule has 0 unspecified atom stereocenters. The van der Waals surface area contributed by atoms with Crippen molar-refractivity contribution in [1.29, 1.82) is 0 Å². The van der Waals surface area contributed by atoms with Gasteiger partial charge in [0, 0.05) is 38.5 Å². The Morgan fingerprint density at radius 1 is 1.10 bits per heavy atom. The molecule has 0 atom stereocenters. The van der Waals surface area contributed by atoms with Crippen LogP contribution in [0.2, 0.25) is 0 Å². The Hall–Kier alpha value is -2.37. The van der Waals surface area contributed by atoms with Crippen molar-refractivity contribution in [2.24, 2.45) is 10.7 Å². The molecule has 1 aliphatic heterocycles. The molecule has 5 nitrogen and oxygen atoms in total. The minimum Gasteiger partial charge on any atom is -0.378 e. The number of aliphatic imine (C=N–C) groups is 1. The van der Waals surface area contributed by atoms with Crippen LogP contribution in [-0.2, 0) is 11.3 Å². The maximum Gasteiger partial charge on any atom is 0.193 e. The highest BCUT2D eigenvalue weighted by molar-refractivity contribution is 5.92. The van der Waals surface area contributed by atoms with E-state index in [0.29, 0.717) is 18.6 Å². The number of nitrogens with zero attached hydrogens (tertiary/aromatic N) is 2. The molecule has 0 radical (unpaired) electrons. The van der Waals surface area contributed by atoms with Gasteiger partial charge in [0.1, 0.15) is 0 Å². The molecule has 0 amide bonds. The molecule has 29 heavy (non-hydrogen) atoms. The van der Waals surface area contributed by atoms with Crippen molar-refractivity contribution in [3.8, 4) is 0 Å². The van der Waals surface area contributed by atoms with Gasteiger partial charge in [0.05, 0.1) is 6.10 Å². The van der Waals surface area contributed by atoms with Gasteiger partial charge in [0.15, 0.2) is 5.96 Å². The SMILES string of the molecule is Cc1ccc(NC(N)=NCCCOC2CCN(Cc3ccccc3)CC2)cc1C. The Bertz CT molecular complexity index is 783. The Morgan fingerprint density at radius 2 is 1.86 bits per heavy atom. The third kappa shape index (κ3) is 7.18. The predicted octanol–water partition coefficient (Wildman–Crippen LogP) is 4.10. The quantitative estimate of drug-likeness (QED) is 0.402. The zero-order chi connectivity index (χ0) is 20.5. The highest BCUT2D eigenvalue weighted by Crippen LogP contribution is 2.16. The van der Waals surface area contributed by atoms with E-state index >= 15 is 0 Å². The second kappa shape index (κ2) is 11.0. The number of likely N-dealkylation sites (tertiary alicyclic amines) is 1. The van der Waals surface area contributed by atoms with Crippen molar-refractivity contribution < 1.29 is 4.74 Å². The summed E-state index contributed by atoms with van der Waals surface area (Å²) in [5.41, 5.74) is 10.9. The van der Waals surface area contributed by atoms with Gasteiger partial charge in [-0.15, -0.1) is 0 Å². The summed E-state index contributed by atoms with van der Waals surface area (Å²) < 4.78 is 6.05. The summed E-state index contributed by atoms with van der Waals surface area (Å²) >= 11 is 0. The van der Waals surface area contributed by atoms with Crippen molar-refractivity contribution in [3.05, 3.63) is 65.2 Å². The van der Waals surface area contributed by atoms with Gasteiger partial charge in [-0.1, -0.05) is 36.4 Å². The second-order valence-corrected chi connectivity index (χ2v) is 7.88. The highest BCUT2D eigenvalue weighted by Gasteiger charge is 2.19. The van der Waals surface area contributed by atoms with Crippen LogP contribution in [0.4, 0.5) is 5.69 Å². The number of ether oxygens (including phenoxy) is 1.